The lowest BCUT2D eigenvalue weighted by Crippen LogP contribution is -2.17. The van der Waals surface area contributed by atoms with Crippen LogP contribution >= 0.6 is 11.6 Å². The normalized spacial score (nSPS) is 11.4. The van der Waals surface area contributed by atoms with Crippen LogP contribution in [0.2, 0.25) is 5.02 Å². The minimum absolute atomic E-state index is 0.622. The molecule has 0 bridgehead atoms. The second-order valence-electron chi connectivity index (χ2n) is 5.10. The van der Waals surface area contributed by atoms with Gasteiger partial charge in [-0.15, -0.1) is 0 Å². The van der Waals surface area contributed by atoms with E-state index >= 15 is 0 Å². The summed E-state index contributed by atoms with van der Waals surface area (Å²) in [6.45, 7) is 1.42. The van der Waals surface area contributed by atoms with Crippen LogP contribution in [0.5, 0.6) is 0 Å². The quantitative estimate of drug-likeness (QED) is 0.747. The second-order valence-corrected chi connectivity index (χ2v) is 5.54. The maximum absolute atomic E-state index is 5.89. The maximum Gasteiger partial charge on any atom is 0.209 e. The van der Waals surface area contributed by atoms with E-state index in [0.717, 1.165) is 22.7 Å². The summed E-state index contributed by atoms with van der Waals surface area (Å²) >= 11 is 5.89. The summed E-state index contributed by atoms with van der Waals surface area (Å²) in [6.07, 6.45) is 0. The third-order valence-corrected chi connectivity index (χ3v) is 3.52. The van der Waals surface area contributed by atoms with E-state index in [4.69, 9.17) is 21.8 Å². The first-order valence-electron chi connectivity index (χ1n) is 6.69. The molecule has 0 saturated heterocycles. The van der Waals surface area contributed by atoms with Crippen LogP contribution in [0.1, 0.15) is 11.5 Å². The molecule has 5 heteroatoms. The van der Waals surface area contributed by atoms with Crippen molar-refractivity contribution in [2.45, 2.75) is 13.1 Å². The molecule has 0 spiro atoms. The molecule has 2 aromatic carbocycles. The highest BCUT2D eigenvalue weighted by molar-refractivity contribution is 6.30. The highest BCUT2D eigenvalue weighted by atomic mass is 35.5. The van der Waals surface area contributed by atoms with Crippen molar-refractivity contribution in [3.8, 4) is 0 Å². The Morgan fingerprint density at radius 2 is 1.90 bits per heavy atom. The number of nitrogen functional groups attached to an aromatic ring is 1. The van der Waals surface area contributed by atoms with Gasteiger partial charge in [0.2, 0.25) is 5.89 Å². The first kappa shape index (κ1) is 13.9. The Morgan fingerprint density at radius 3 is 2.62 bits per heavy atom. The summed E-state index contributed by atoms with van der Waals surface area (Å²) in [5.74, 6) is 0.666. The molecule has 21 heavy (non-hydrogen) atoms. The van der Waals surface area contributed by atoms with E-state index in [2.05, 4.69) is 9.88 Å². The molecule has 0 aliphatic heterocycles. The van der Waals surface area contributed by atoms with Crippen molar-refractivity contribution in [2.24, 2.45) is 0 Å². The molecule has 0 radical (unpaired) electrons. The van der Waals surface area contributed by atoms with Crippen molar-refractivity contribution < 1.29 is 4.42 Å². The number of nitrogens with zero attached hydrogens (tertiary/aromatic N) is 2. The summed E-state index contributed by atoms with van der Waals surface area (Å²) in [4.78, 5) is 6.58. The van der Waals surface area contributed by atoms with Crippen molar-refractivity contribution >= 4 is 28.4 Å². The van der Waals surface area contributed by atoms with Gasteiger partial charge in [0.1, 0.15) is 5.52 Å². The largest absolute Gasteiger partial charge is 0.439 e. The van der Waals surface area contributed by atoms with Crippen molar-refractivity contribution in [3.63, 3.8) is 0 Å². The highest BCUT2D eigenvalue weighted by Crippen LogP contribution is 2.22. The van der Waals surface area contributed by atoms with Gasteiger partial charge in [-0.1, -0.05) is 29.8 Å². The zero-order valence-corrected chi connectivity index (χ0v) is 12.5. The Balaban J connectivity index is 1.72. The topological polar surface area (TPSA) is 55.3 Å². The lowest BCUT2D eigenvalue weighted by molar-refractivity contribution is 0.285. The fraction of sp³-hybridized carbons (Fsp3) is 0.188. The van der Waals surface area contributed by atoms with Gasteiger partial charge >= 0.3 is 0 Å². The summed E-state index contributed by atoms with van der Waals surface area (Å²) in [7, 11) is 2.02. The Labute approximate surface area is 128 Å². The van der Waals surface area contributed by atoms with Gasteiger partial charge in [-0.2, -0.15) is 0 Å². The fourth-order valence-corrected chi connectivity index (χ4v) is 2.40. The maximum atomic E-state index is 5.89. The number of rotatable bonds is 4. The number of nitrogens with two attached hydrogens (primary N) is 1. The monoisotopic (exact) mass is 301 g/mol. The number of hydrogen-bond donors (Lipinski definition) is 1. The zero-order valence-electron chi connectivity index (χ0n) is 11.7. The van der Waals surface area contributed by atoms with Gasteiger partial charge in [0.05, 0.1) is 12.2 Å². The molecule has 3 rings (SSSR count). The molecule has 2 N–H and O–H groups in total. The number of aromatic nitrogens is 1. The van der Waals surface area contributed by atoms with Crippen LogP contribution in [0.15, 0.2) is 46.9 Å². The summed E-state index contributed by atoms with van der Waals surface area (Å²) in [5, 5.41) is 0.746. The SMILES string of the molecule is CN(Cc1ccc(Cl)cc1)Cc1nc2c(N)cccc2o1. The van der Waals surface area contributed by atoms with Crippen molar-refractivity contribution in [2.75, 3.05) is 12.8 Å². The first-order valence-corrected chi connectivity index (χ1v) is 7.06. The van der Waals surface area contributed by atoms with Gasteiger partial charge < -0.3 is 10.2 Å². The summed E-state index contributed by atoms with van der Waals surface area (Å²) < 4.78 is 5.72. The molecule has 0 aliphatic rings. The number of anilines is 1. The van der Waals surface area contributed by atoms with Gasteiger partial charge in [-0.25, -0.2) is 4.98 Å². The molecule has 3 aromatic rings. The molecular weight excluding hydrogens is 286 g/mol. The first-order chi connectivity index (χ1) is 10.1. The molecule has 0 atom stereocenters. The average molecular weight is 302 g/mol. The van der Waals surface area contributed by atoms with Gasteiger partial charge in [0, 0.05) is 11.6 Å². The summed E-state index contributed by atoms with van der Waals surface area (Å²) in [6, 6.07) is 13.4. The molecule has 0 saturated carbocycles. The van der Waals surface area contributed by atoms with E-state index in [-0.39, 0.29) is 0 Å². The molecule has 0 fully saturated rings. The standard InChI is InChI=1S/C16H16ClN3O/c1-20(9-11-5-7-12(17)8-6-11)10-15-19-16-13(18)3-2-4-14(16)21-15/h2-8H,9-10,18H2,1H3. The van der Waals surface area contributed by atoms with Gasteiger partial charge in [-0.3, -0.25) is 4.90 Å². The van der Waals surface area contributed by atoms with E-state index in [1.54, 1.807) is 0 Å². The van der Waals surface area contributed by atoms with E-state index in [1.807, 2.05) is 49.5 Å². The molecule has 4 nitrogen and oxygen atoms in total. The predicted octanol–water partition coefficient (Wildman–Crippen LogP) is 3.70. The van der Waals surface area contributed by atoms with Gasteiger partial charge in [0.25, 0.3) is 0 Å². The zero-order chi connectivity index (χ0) is 14.8. The fourth-order valence-electron chi connectivity index (χ4n) is 2.27. The van der Waals surface area contributed by atoms with Crippen LogP contribution in [0.4, 0.5) is 5.69 Å². The van der Waals surface area contributed by atoms with Gasteiger partial charge in [-0.05, 0) is 36.9 Å². The Morgan fingerprint density at radius 1 is 1.14 bits per heavy atom. The highest BCUT2D eigenvalue weighted by Gasteiger charge is 2.10. The van der Waals surface area contributed by atoms with Crippen LogP contribution in [0.25, 0.3) is 11.1 Å². The molecule has 1 heterocycles. The van der Waals surface area contributed by atoms with Crippen molar-refractivity contribution in [3.05, 3.63) is 58.9 Å². The molecule has 0 amide bonds. The van der Waals surface area contributed by atoms with Crippen LogP contribution in [-0.4, -0.2) is 16.9 Å². The van der Waals surface area contributed by atoms with Crippen LogP contribution in [0, 0.1) is 0 Å². The number of halogens is 1. The van der Waals surface area contributed by atoms with E-state index < -0.39 is 0 Å². The molecular formula is C16H16ClN3O. The molecule has 0 aliphatic carbocycles. The lowest BCUT2D eigenvalue weighted by Gasteiger charge is -2.14. The van der Waals surface area contributed by atoms with Gasteiger partial charge in [0.15, 0.2) is 5.58 Å². The third kappa shape index (κ3) is 3.17. The van der Waals surface area contributed by atoms with Crippen LogP contribution in [-0.2, 0) is 13.1 Å². The third-order valence-electron chi connectivity index (χ3n) is 3.27. The van der Waals surface area contributed by atoms with Crippen molar-refractivity contribution in [1.29, 1.82) is 0 Å². The number of hydrogen-bond acceptors (Lipinski definition) is 4. The van der Waals surface area contributed by atoms with E-state index in [0.29, 0.717) is 18.1 Å². The number of oxazole rings is 1. The minimum Gasteiger partial charge on any atom is -0.439 e. The number of fused-ring (bicyclic) bond motifs is 1. The molecule has 1 aromatic heterocycles. The Hall–Kier alpha value is -2.04. The second kappa shape index (κ2) is 5.76. The van der Waals surface area contributed by atoms with E-state index in [9.17, 15) is 0 Å². The molecule has 0 unspecified atom stereocenters. The number of benzene rings is 2. The summed E-state index contributed by atoms with van der Waals surface area (Å²) in [5.41, 5.74) is 9.18. The smallest absolute Gasteiger partial charge is 0.209 e. The number of para-hydroxylation sites is 1. The van der Waals surface area contributed by atoms with Crippen molar-refractivity contribution in [1.82, 2.24) is 9.88 Å². The minimum atomic E-state index is 0.622. The molecule has 108 valence electrons. The van der Waals surface area contributed by atoms with Crippen LogP contribution in [0.3, 0.4) is 0 Å². The predicted molar refractivity (Wildman–Crippen MR) is 85.0 cm³/mol. The Kier molecular flexibility index (Phi) is 3.82. The Bertz CT molecular complexity index is 752. The average Bonchev–Trinajstić information content (AvgIpc) is 2.85. The van der Waals surface area contributed by atoms with E-state index in [1.165, 1.54) is 5.56 Å². The van der Waals surface area contributed by atoms with Crippen LogP contribution < -0.4 is 5.73 Å². The lowest BCUT2D eigenvalue weighted by atomic mass is 10.2.